The summed E-state index contributed by atoms with van der Waals surface area (Å²) in [4.78, 5) is 13.3. The number of nitrogens with two attached hydrogens (primary N) is 1. The molecule has 0 aliphatic carbocycles. The van der Waals surface area contributed by atoms with Gasteiger partial charge in [-0.15, -0.1) is 0 Å². The van der Waals surface area contributed by atoms with Gasteiger partial charge in [-0.2, -0.15) is 0 Å². The Kier molecular flexibility index (Phi) is 5.48. The van der Waals surface area contributed by atoms with Crippen LogP contribution >= 0.6 is 11.6 Å². The Morgan fingerprint density at radius 1 is 1.48 bits per heavy atom. The highest BCUT2D eigenvalue weighted by atomic mass is 35.5. The number of piperidine rings is 1. The SMILES string of the molecule is CC(=O)NCC1CCN(c2ccc(C(C)N)c(Cl)c2)CC1. The minimum atomic E-state index is -0.0464. The molecule has 3 N–H and O–H groups in total. The van der Waals surface area contributed by atoms with Crippen molar-refractivity contribution in [2.45, 2.75) is 32.7 Å². The van der Waals surface area contributed by atoms with E-state index in [4.69, 9.17) is 17.3 Å². The average Bonchev–Trinajstić information content (AvgIpc) is 2.45. The molecule has 1 aromatic carbocycles. The van der Waals surface area contributed by atoms with E-state index in [2.05, 4.69) is 16.3 Å². The fourth-order valence-corrected chi connectivity index (χ4v) is 3.11. The first-order valence-corrected chi connectivity index (χ1v) is 7.89. The van der Waals surface area contributed by atoms with Crippen molar-refractivity contribution in [3.63, 3.8) is 0 Å². The van der Waals surface area contributed by atoms with Crippen LogP contribution in [-0.4, -0.2) is 25.5 Å². The minimum Gasteiger partial charge on any atom is -0.371 e. The summed E-state index contributed by atoms with van der Waals surface area (Å²) in [5, 5.41) is 3.65. The molecule has 2 rings (SSSR count). The molecular formula is C16H24ClN3O. The van der Waals surface area contributed by atoms with Crippen molar-refractivity contribution in [2.75, 3.05) is 24.5 Å². The average molecular weight is 310 g/mol. The van der Waals surface area contributed by atoms with E-state index in [-0.39, 0.29) is 11.9 Å². The van der Waals surface area contributed by atoms with Crippen molar-refractivity contribution in [1.82, 2.24) is 5.32 Å². The largest absolute Gasteiger partial charge is 0.371 e. The Bertz CT molecular complexity index is 496. The molecule has 1 saturated heterocycles. The summed E-state index contributed by atoms with van der Waals surface area (Å²) in [6, 6.07) is 6.08. The first-order chi connectivity index (χ1) is 9.97. The molecule has 0 spiro atoms. The van der Waals surface area contributed by atoms with Crippen LogP contribution in [0.5, 0.6) is 0 Å². The lowest BCUT2D eigenvalue weighted by Crippen LogP contribution is -2.38. The van der Waals surface area contributed by atoms with Crippen molar-refractivity contribution < 1.29 is 4.79 Å². The Morgan fingerprint density at radius 3 is 2.67 bits per heavy atom. The summed E-state index contributed by atoms with van der Waals surface area (Å²) in [5.41, 5.74) is 8.03. The topological polar surface area (TPSA) is 58.4 Å². The molecule has 4 nitrogen and oxygen atoms in total. The molecule has 1 aromatic rings. The highest BCUT2D eigenvalue weighted by molar-refractivity contribution is 6.31. The minimum absolute atomic E-state index is 0.0464. The molecule has 1 aliphatic rings. The Hall–Kier alpha value is -1.26. The first kappa shape index (κ1) is 16.1. The van der Waals surface area contributed by atoms with Gasteiger partial charge >= 0.3 is 0 Å². The molecule has 1 aliphatic heterocycles. The number of benzene rings is 1. The summed E-state index contributed by atoms with van der Waals surface area (Å²) in [6.07, 6.45) is 2.18. The molecule has 0 bridgehead atoms. The number of nitrogens with zero attached hydrogens (tertiary/aromatic N) is 1. The van der Waals surface area contributed by atoms with Crippen LogP contribution in [0.1, 0.15) is 38.3 Å². The second kappa shape index (κ2) is 7.14. The molecule has 0 aromatic heterocycles. The third-order valence-corrected chi connectivity index (χ3v) is 4.42. The van der Waals surface area contributed by atoms with Gasteiger partial charge in [-0.1, -0.05) is 17.7 Å². The van der Waals surface area contributed by atoms with E-state index in [1.165, 1.54) is 0 Å². The third kappa shape index (κ3) is 4.35. The maximum Gasteiger partial charge on any atom is 0.216 e. The van der Waals surface area contributed by atoms with Gasteiger partial charge in [-0.3, -0.25) is 4.79 Å². The molecule has 5 heteroatoms. The standard InChI is InChI=1S/C16H24ClN3O/c1-11(18)15-4-3-14(9-16(15)17)20-7-5-13(6-8-20)10-19-12(2)21/h3-4,9,11,13H,5-8,10,18H2,1-2H3,(H,19,21). The number of amides is 1. The fraction of sp³-hybridized carbons (Fsp3) is 0.562. The van der Waals surface area contributed by atoms with Gasteiger partial charge in [-0.05, 0) is 43.4 Å². The number of anilines is 1. The quantitative estimate of drug-likeness (QED) is 0.899. The number of carbonyl (C=O) groups is 1. The number of nitrogens with one attached hydrogen (secondary N) is 1. The highest BCUT2D eigenvalue weighted by Crippen LogP contribution is 2.29. The fourth-order valence-electron chi connectivity index (χ4n) is 2.77. The van der Waals surface area contributed by atoms with Crippen LogP contribution in [0.25, 0.3) is 0 Å². The van der Waals surface area contributed by atoms with E-state index in [1.54, 1.807) is 6.92 Å². The van der Waals surface area contributed by atoms with Crippen LogP contribution in [0.4, 0.5) is 5.69 Å². The zero-order chi connectivity index (χ0) is 15.4. The van der Waals surface area contributed by atoms with Crippen molar-refractivity contribution >= 4 is 23.2 Å². The molecule has 21 heavy (non-hydrogen) atoms. The number of hydrogen-bond donors (Lipinski definition) is 2. The van der Waals surface area contributed by atoms with E-state index in [0.29, 0.717) is 5.92 Å². The van der Waals surface area contributed by atoms with Crippen molar-refractivity contribution in [3.05, 3.63) is 28.8 Å². The van der Waals surface area contributed by atoms with Crippen molar-refractivity contribution in [2.24, 2.45) is 11.7 Å². The van der Waals surface area contributed by atoms with Gasteiger partial charge in [0.1, 0.15) is 0 Å². The number of halogens is 1. The van der Waals surface area contributed by atoms with Gasteiger partial charge in [0.25, 0.3) is 0 Å². The van der Waals surface area contributed by atoms with Crippen LogP contribution in [-0.2, 0) is 4.79 Å². The third-order valence-electron chi connectivity index (χ3n) is 4.09. The van der Waals surface area contributed by atoms with Crippen LogP contribution in [0.15, 0.2) is 18.2 Å². The Labute approximate surface area is 131 Å². The number of rotatable bonds is 4. The highest BCUT2D eigenvalue weighted by Gasteiger charge is 2.20. The molecule has 0 saturated carbocycles. The van der Waals surface area contributed by atoms with Crippen LogP contribution in [0, 0.1) is 5.92 Å². The summed E-state index contributed by atoms with van der Waals surface area (Å²) < 4.78 is 0. The van der Waals surface area contributed by atoms with Gasteiger partial charge in [0, 0.05) is 43.3 Å². The molecule has 1 unspecified atom stereocenters. The van der Waals surface area contributed by atoms with Gasteiger partial charge in [-0.25, -0.2) is 0 Å². The van der Waals surface area contributed by atoms with Crippen LogP contribution in [0.3, 0.4) is 0 Å². The summed E-state index contributed by atoms with van der Waals surface area (Å²) in [7, 11) is 0. The normalized spacial score (nSPS) is 17.6. The molecule has 0 radical (unpaired) electrons. The molecule has 116 valence electrons. The Balaban J connectivity index is 1.93. The van der Waals surface area contributed by atoms with E-state index in [1.807, 2.05) is 19.1 Å². The molecular weight excluding hydrogens is 286 g/mol. The molecule has 1 amide bonds. The van der Waals surface area contributed by atoms with Crippen LogP contribution in [0.2, 0.25) is 5.02 Å². The van der Waals surface area contributed by atoms with Crippen LogP contribution < -0.4 is 16.0 Å². The lowest BCUT2D eigenvalue weighted by molar-refractivity contribution is -0.119. The number of carbonyl (C=O) groups excluding carboxylic acids is 1. The predicted octanol–water partition coefficient (Wildman–Crippen LogP) is 2.71. The molecule has 1 atom stereocenters. The van der Waals surface area contributed by atoms with E-state index in [9.17, 15) is 4.79 Å². The first-order valence-electron chi connectivity index (χ1n) is 7.51. The lowest BCUT2D eigenvalue weighted by Gasteiger charge is -2.34. The zero-order valence-electron chi connectivity index (χ0n) is 12.7. The number of hydrogen-bond acceptors (Lipinski definition) is 3. The van der Waals surface area contributed by atoms with Crippen molar-refractivity contribution in [1.29, 1.82) is 0 Å². The second-order valence-electron chi connectivity index (χ2n) is 5.86. The van der Waals surface area contributed by atoms with E-state index >= 15 is 0 Å². The molecule has 1 fully saturated rings. The zero-order valence-corrected chi connectivity index (χ0v) is 13.5. The van der Waals surface area contributed by atoms with Gasteiger partial charge < -0.3 is 16.0 Å². The van der Waals surface area contributed by atoms with Gasteiger partial charge in [0.2, 0.25) is 5.91 Å². The van der Waals surface area contributed by atoms with Gasteiger partial charge in [0.05, 0.1) is 0 Å². The second-order valence-corrected chi connectivity index (χ2v) is 6.27. The Morgan fingerprint density at radius 2 is 2.14 bits per heavy atom. The maximum absolute atomic E-state index is 11.0. The lowest BCUT2D eigenvalue weighted by atomic mass is 9.96. The summed E-state index contributed by atoms with van der Waals surface area (Å²) >= 11 is 6.30. The van der Waals surface area contributed by atoms with E-state index < -0.39 is 0 Å². The monoisotopic (exact) mass is 309 g/mol. The predicted molar refractivity (Wildman–Crippen MR) is 87.7 cm³/mol. The van der Waals surface area contributed by atoms with Crippen molar-refractivity contribution in [3.8, 4) is 0 Å². The summed E-state index contributed by atoms with van der Waals surface area (Å²) in [6.45, 7) is 6.29. The van der Waals surface area contributed by atoms with E-state index in [0.717, 1.165) is 48.7 Å². The molecule has 1 heterocycles. The van der Waals surface area contributed by atoms with Gasteiger partial charge in [0.15, 0.2) is 0 Å². The smallest absolute Gasteiger partial charge is 0.216 e. The summed E-state index contributed by atoms with van der Waals surface area (Å²) in [5.74, 6) is 0.625. The maximum atomic E-state index is 11.0.